The smallest absolute Gasteiger partial charge is 0.328 e. The SMILES string of the molecule is COC(=O)[C@@H](CCCc1ccccc1)NC(=O)CC1CCCC1. The van der Waals surface area contributed by atoms with Crippen molar-refractivity contribution in [3.05, 3.63) is 35.9 Å². The molecule has 1 N–H and O–H groups in total. The minimum Gasteiger partial charge on any atom is -0.467 e. The summed E-state index contributed by atoms with van der Waals surface area (Å²) in [6.45, 7) is 0. The average molecular weight is 317 g/mol. The topological polar surface area (TPSA) is 55.4 Å². The molecule has 23 heavy (non-hydrogen) atoms. The molecule has 4 heteroatoms. The second-order valence-corrected chi connectivity index (χ2v) is 6.38. The molecular formula is C19H27NO3. The number of benzene rings is 1. The van der Waals surface area contributed by atoms with Crippen molar-refractivity contribution >= 4 is 11.9 Å². The molecule has 0 heterocycles. The predicted molar refractivity (Wildman–Crippen MR) is 89.9 cm³/mol. The first-order valence-corrected chi connectivity index (χ1v) is 8.60. The van der Waals surface area contributed by atoms with E-state index in [1.165, 1.54) is 25.5 Å². The number of aryl methyl sites for hydroxylation is 1. The largest absolute Gasteiger partial charge is 0.467 e. The number of carbonyl (C=O) groups excluding carboxylic acids is 2. The van der Waals surface area contributed by atoms with Crippen LogP contribution in [0.2, 0.25) is 0 Å². The van der Waals surface area contributed by atoms with Gasteiger partial charge in [0.25, 0.3) is 0 Å². The zero-order valence-corrected chi connectivity index (χ0v) is 13.9. The monoisotopic (exact) mass is 317 g/mol. The molecule has 1 saturated carbocycles. The summed E-state index contributed by atoms with van der Waals surface area (Å²) >= 11 is 0. The summed E-state index contributed by atoms with van der Waals surface area (Å²) < 4.78 is 4.83. The third-order valence-electron chi connectivity index (χ3n) is 4.57. The highest BCUT2D eigenvalue weighted by Gasteiger charge is 2.24. The first-order chi connectivity index (χ1) is 11.2. The summed E-state index contributed by atoms with van der Waals surface area (Å²) in [5, 5.41) is 2.87. The Labute approximate surface area is 138 Å². The maximum atomic E-state index is 12.1. The Hall–Kier alpha value is -1.84. The Balaban J connectivity index is 1.79. The van der Waals surface area contributed by atoms with Crippen LogP contribution in [-0.4, -0.2) is 25.0 Å². The van der Waals surface area contributed by atoms with Crippen LogP contribution in [0.3, 0.4) is 0 Å². The minimum absolute atomic E-state index is 0.0213. The van der Waals surface area contributed by atoms with Gasteiger partial charge in [0, 0.05) is 6.42 Å². The van der Waals surface area contributed by atoms with Crippen molar-refractivity contribution in [2.45, 2.75) is 57.4 Å². The van der Waals surface area contributed by atoms with Gasteiger partial charge < -0.3 is 10.1 Å². The van der Waals surface area contributed by atoms with Crippen LogP contribution in [0.1, 0.15) is 50.5 Å². The molecule has 0 aromatic heterocycles. The van der Waals surface area contributed by atoms with Gasteiger partial charge in [0.2, 0.25) is 5.91 Å². The molecular weight excluding hydrogens is 290 g/mol. The van der Waals surface area contributed by atoms with Crippen LogP contribution in [0.4, 0.5) is 0 Å². The van der Waals surface area contributed by atoms with E-state index in [2.05, 4.69) is 17.4 Å². The highest BCUT2D eigenvalue weighted by Crippen LogP contribution is 2.27. The molecule has 1 aliphatic rings. The Morgan fingerprint density at radius 1 is 1.22 bits per heavy atom. The van der Waals surface area contributed by atoms with Gasteiger partial charge in [-0.2, -0.15) is 0 Å². The number of methoxy groups -OCH3 is 1. The molecule has 0 unspecified atom stereocenters. The van der Waals surface area contributed by atoms with Crippen LogP contribution in [0, 0.1) is 5.92 Å². The second kappa shape index (κ2) is 9.33. The number of esters is 1. The standard InChI is InChI=1S/C19H27NO3/c1-23-19(22)17(13-7-12-15-8-3-2-4-9-15)20-18(21)14-16-10-5-6-11-16/h2-4,8-9,16-17H,5-7,10-14H2,1H3,(H,20,21)/t17-/m1/s1. The zero-order chi connectivity index (χ0) is 16.5. The van der Waals surface area contributed by atoms with Gasteiger partial charge in [0.05, 0.1) is 7.11 Å². The molecule has 1 aromatic carbocycles. The average Bonchev–Trinajstić information content (AvgIpc) is 3.07. The number of amides is 1. The quantitative estimate of drug-likeness (QED) is 0.749. The molecule has 1 atom stereocenters. The van der Waals surface area contributed by atoms with Gasteiger partial charge in [0.15, 0.2) is 0 Å². The molecule has 1 aliphatic carbocycles. The van der Waals surface area contributed by atoms with Crippen LogP contribution < -0.4 is 5.32 Å². The molecule has 0 radical (unpaired) electrons. The van der Waals surface area contributed by atoms with E-state index in [4.69, 9.17) is 4.74 Å². The molecule has 4 nitrogen and oxygen atoms in total. The van der Waals surface area contributed by atoms with E-state index in [-0.39, 0.29) is 11.9 Å². The number of hydrogen-bond acceptors (Lipinski definition) is 3. The summed E-state index contributed by atoms with van der Waals surface area (Å²) in [4.78, 5) is 24.0. The first kappa shape index (κ1) is 17.5. The van der Waals surface area contributed by atoms with E-state index < -0.39 is 6.04 Å². The molecule has 0 saturated heterocycles. The Morgan fingerprint density at radius 2 is 1.91 bits per heavy atom. The molecule has 0 bridgehead atoms. The summed E-state index contributed by atoms with van der Waals surface area (Å²) in [5.41, 5.74) is 1.24. The molecule has 1 aromatic rings. The maximum Gasteiger partial charge on any atom is 0.328 e. The highest BCUT2D eigenvalue weighted by atomic mass is 16.5. The van der Waals surface area contributed by atoms with Crippen LogP contribution in [0.25, 0.3) is 0 Å². The van der Waals surface area contributed by atoms with Crippen molar-refractivity contribution in [1.82, 2.24) is 5.32 Å². The molecule has 126 valence electrons. The molecule has 0 aliphatic heterocycles. The Kier molecular flexibility index (Phi) is 7.11. The van der Waals surface area contributed by atoms with E-state index in [0.717, 1.165) is 25.7 Å². The number of rotatable bonds is 8. The lowest BCUT2D eigenvalue weighted by Gasteiger charge is -2.18. The molecule has 1 amide bonds. The van der Waals surface area contributed by atoms with E-state index in [9.17, 15) is 9.59 Å². The normalized spacial score (nSPS) is 16.0. The van der Waals surface area contributed by atoms with Crippen LogP contribution in [0.15, 0.2) is 30.3 Å². The van der Waals surface area contributed by atoms with Gasteiger partial charge >= 0.3 is 5.97 Å². The lowest BCUT2D eigenvalue weighted by molar-refractivity contribution is -0.145. The summed E-state index contributed by atoms with van der Waals surface area (Å²) in [7, 11) is 1.37. The lowest BCUT2D eigenvalue weighted by atomic mass is 10.0. The maximum absolute atomic E-state index is 12.1. The number of nitrogens with one attached hydrogen (secondary N) is 1. The molecule has 1 fully saturated rings. The lowest BCUT2D eigenvalue weighted by Crippen LogP contribution is -2.42. The van der Waals surface area contributed by atoms with Crippen molar-refractivity contribution in [2.24, 2.45) is 5.92 Å². The molecule has 2 rings (SSSR count). The van der Waals surface area contributed by atoms with Crippen LogP contribution >= 0.6 is 0 Å². The van der Waals surface area contributed by atoms with Gasteiger partial charge in [-0.15, -0.1) is 0 Å². The zero-order valence-electron chi connectivity index (χ0n) is 13.9. The minimum atomic E-state index is -0.530. The summed E-state index contributed by atoms with van der Waals surface area (Å²) in [5.74, 6) is 0.113. The predicted octanol–water partition coefficient (Wildman–Crippen LogP) is 3.25. The second-order valence-electron chi connectivity index (χ2n) is 6.38. The fourth-order valence-corrected chi connectivity index (χ4v) is 3.28. The molecule has 0 spiro atoms. The van der Waals surface area contributed by atoms with Crippen molar-refractivity contribution in [3.8, 4) is 0 Å². The Bertz CT molecular complexity index is 495. The van der Waals surface area contributed by atoms with E-state index in [1.54, 1.807) is 0 Å². The number of carbonyl (C=O) groups is 2. The summed E-state index contributed by atoms with van der Waals surface area (Å²) in [6.07, 6.45) is 7.57. The fourth-order valence-electron chi connectivity index (χ4n) is 3.28. The van der Waals surface area contributed by atoms with Gasteiger partial charge in [-0.25, -0.2) is 4.79 Å². The van der Waals surface area contributed by atoms with Crippen molar-refractivity contribution < 1.29 is 14.3 Å². The first-order valence-electron chi connectivity index (χ1n) is 8.60. The Morgan fingerprint density at radius 3 is 2.57 bits per heavy atom. The van der Waals surface area contributed by atoms with Gasteiger partial charge in [-0.1, -0.05) is 43.2 Å². The van der Waals surface area contributed by atoms with Crippen molar-refractivity contribution in [3.63, 3.8) is 0 Å². The van der Waals surface area contributed by atoms with Crippen LogP contribution in [0.5, 0.6) is 0 Å². The third-order valence-corrected chi connectivity index (χ3v) is 4.57. The van der Waals surface area contributed by atoms with Crippen molar-refractivity contribution in [1.29, 1.82) is 0 Å². The summed E-state index contributed by atoms with van der Waals surface area (Å²) in [6, 6.07) is 9.63. The van der Waals surface area contributed by atoms with E-state index in [1.807, 2.05) is 18.2 Å². The van der Waals surface area contributed by atoms with Gasteiger partial charge in [-0.3, -0.25) is 4.79 Å². The van der Waals surface area contributed by atoms with Gasteiger partial charge in [0.1, 0.15) is 6.04 Å². The number of ether oxygens (including phenoxy) is 1. The third kappa shape index (κ3) is 6.05. The van der Waals surface area contributed by atoms with Crippen molar-refractivity contribution in [2.75, 3.05) is 7.11 Å². The van der Waals surface area contributed by atoms with Gasteiger partial charge in [-0.05, 0) is 43.6 Å². The van der Waals surface area contributed by atoms with Crippen LogP contribution in [-0.2, 0) is 20.7 Å². The van der Waals surface area contributed by atoms with E-state index >= 15 is 0 Å². The highest BCUT2D eigenvalue weighted by molar-refractivity contribution is 5.84. The van der Waals surface area contributed by atoms with E-state index in [0.29, 0.717) is 18.8 Å². The fraction of sp³-hybridized carbons (Fsp3) is 0.579. The number of hydrogen-bond donors (Lipinski definition) is 1.